The molecule has 8 nitrogen and oxygen atoms in total. The first-order chi connectivity index (χ1) is 13.9. The molecule has 0 unspecified atom stereocenters. The molecular formula is C21H20N6O2. The number of benzene rings is 2. The third kappa shape index (κ3) is 3.47. The van der Waals surface area contributed by atoms with Gasteiger partial charge in [-0.25, -0.2) is 9.97 Å². The van der Waals surface area contributed by atoms with Gasteiger partial charge in [0, 0.05) is 11.6 Å². The van der Waals surface area contributed by atoms with Crippen LogP contribution in [0.25, 0.3) is 0 Å². The van der Waals surface area contributed by atoms with Gasteiger partial charge in [0.05, 0.1) is 16.8 Å². The first-order valence-corrected chi connectivity index (χ1v) is 9.10. The van der Waals surface area contributed by atoms with Crippen molar-refractivity contribution < 1.29 is 9.90 Å². The number of anilines is 2. The second kappa shape index (κ2) is 7.23. The smallest absolute Gasteiger partial charge is 0.252 e. The van der Waals surface area contributed by atoms with Gasteiger partial charge in [-0.05, 0) is 36.1 Å². The van der Waals surface area contributed by atoms with E-state index in [1.54, 1.807) is 0 Å². The van der Waals surface area contributed by atoms with Crippen LogP contribution in [-0.2, 0) is 12.8 Å². The van der Waals surface area contributed by atoms with Crippen LogP contribution in [0.5, 0.6) is 5.75 Å². The monoisotopic (exact) mass is 388 g/mol. The Morgan fingerprint density at radius 3 is 2.45 bits per heavy atom. The maximum absolute atomic E-state index is 11.3. The van der Waals surface area contributed by atoms with E-state index in [1.165, 1.54) is 35.7 Å². The molecule has 0 saturated carbocycles. The van der Waals surface area contributed by atoms with Crippen molar-refractivity contribution in [1.29, 1.82) is 5.41 Å². The Morgan fingerprint density at radius 2 is 1.83 bits per heavy atom. The summed E-state index contributed by atoms with van der Waals surface area (Å²) in [5.74, 6) is -0.428. The third-order valence-corrected chi connectivity index (χ3v) is 5.07. The van der Waals surface area contributed by atoms with Crippen LogP contribution in [0.1, 0.15) is 32.6 Å². The fourth-order valence-electron chi connectivity index (χ4n) is 3.65. The van der Waals surface area contributed by atoms with Crippen molar-refractivity contribution in [2.45, 2.75) is 18.9 Å². The zero-order chi connectivity index (χ0) is 20.5. The Bertz CT molecular complexity index is 1100. The van der Waals surface area contributed by atoms with Gasteiger partial charge < -0.3 is 21.9 Å². The van der Waals surface area contributed by atoms with Crippen LogP contribution in [0.15, 0.2) is 48.8 Å². The number of aromatic hydroxyl groups is 1. The molecule has 0 aliphatic heterocycles. The maximum atomic E-state index is 11.3. The van der Waals surface area contributed by atoms with E-state index in [0.717, 1.165) is 12.8 Å². The van der Waals surface area contributed by atoms with E-state index >= 15 is 0 Å². The lowest BCUT2D eigenvalue weighted by Crippen LogP contribution is -2.23. The minimum Gasteiger partial charge on any atom is -0.507 e. The molecule has 1 aliphatic rings. The molecule has 7 N–H and O–H groups in total. The minimum absolute atomic E-state index is 0.0131. The number of rotatable bonds is 5. The Balaban J connectivity index is 1.64. The van der Waals surface area contributed by atoms with Gasteiger partial charge in [-0.1, -0.05) is 30.3 Å². The summed E-state index contributed by atoms with van der Waals surface area (Å²) in [6.07, 6.45) is 3.05. The van der Waals surface area contributed by atoms with Crippen molar-refractivity contribution in [3.05, 3.63) is 76.6 Å². The summed E-state index contributed by atoms with van der Waals surface area (Å²) in [5, 5.41) is 22.0. The number of carbonyl (C=O) groups is 1. The molecule has 1 aliphatic carbocycles. The summed E-state index contributed by atoms with van der Waals surface area (Å²) in [6, 6.07) is 12.6. The van der Waals surface area contributed by atoms with Gasteiger partial charge >= 0.3 is 0 Å². The number of hydrogen-bond acceptors (Lipinski definition) is 7. The number of carbonyl (C=O) groups excluding carboxylic acids is 1. The second-order valence-electron chi connectivity index (χ2n) is 6.97. The van der Waals surface area contributed by atoms with E-state index in [0.29, 0.717) is 16.9 Å². The molecule has 2 aromatic carbocycles. The fourth-order valence-corrected chi connectivity index (χ4v) is 3.65. The number of nitrogens with one attached hydrogen (secondary N) is 2. The largest absolute Gasteiger partial charge is 0.507 e. The highest BCUT2D eigenvalue weighted by atomic mass is 16.3. The number of phenols is 1. The number of hydrogen-bond donors (Lipinski definition) is 5. The first kappa shape index (κ1) is 18.4. The predicted molar refractivity (Wildman–Crippen MR) is 110 cm³/mol. The van der Waals surface area contributed by atoms with Crippen molar-refractivity contribution in [2.75, 3.05) is 11.1 Å². The van der Waals surface area contributed by atoms with Gasteiger partial charge in [0.2, 0.25) is 0 Å². The molecule has 0 spiro atoms. The number of nitrogens with zero attached hydrogens (tertiary/aromatic N) is 2. The number of primary amides is 1. The quantitative estimate of drug-likeness (QED) is 0.421. The van der Waals surface area contributed by atoms with Crippen molar-refractivity contribution in [1.82, 2.24) is 9.97 Å². The molecule has 4 rings (SSSR count). The zero-order valence-electron chi connectivity index (χ0n) is 15.5. The summed E-state index contributed by atoms with van der Waals surface area (Å²) in [7, 11) is 0. The number of nitrogen functional groups attached to an aromatic ring is 1. The molecule has 29 heavy (non-hydrogen) atoms. The van der Waals surface area contributed by atoms with Gasteiger partial charge in [0.1, 0.15) is 23.7 Å². The van der Waals surface area contributed by atoms with E-state index in [1.807, 2.05) is 12.1 Å². The second-order valence-corrected chi connectivity index (χ2v) is 6.97. The molecule has 1 amide bonds. The molecule has 1 heterocycles. The Morgan fingerprint density at radius 1 is 1.14 bits per heavy atom. The number of aromatic nitrogens is 2. The molecule has 8 heteroatoms. The topological polar surface area (TPSA) is 151 Å². The van der Waals surface area contributed by atoms with Gasteiger partial charge in [0.15, 0.2) is 0 Å². The molecule has 3 aromatic rings. The molecule has 0 fully saturated rings. The summed E-state index contributed by atoms with van der Waals surface area (Å²) < 4.78 is 0. The predicted octanol–water partition coefficient (Wildman–Crippen LogP) is 1.86. The van der Waals surface area contributed by atoms with Crippen LogP contribution < -0.4 is 16.8 Å². The summed E-state index contributed by atoms with van der Waals surface area (Å²) in [6.45, 7) is 0. The van der Waals surface area contributed by atoms with Crippen molar-refractivity contribution >= 4 is 23.3 Å². The SMILES string of the molecule is N=C(c1ccc(C(N)=O)c(O)c1)c1c(N)ncnc1NC1Cc2ccccc2C1. The van der Waals surface area contributed by atoms with Crippen molar-refractivity contribution in [2.24, 2.45) is 5.73 Å². The van der Waals surface area contributed by atoms with Crippen molar-refractivity contribution in [3.8, 4) is 5.75 Å². The van der Waals surface area contributed by atoms with Gasteiger partial charge in [-0.2, -0.15) is 0 Å². The Hall–Kier alpha value is -3.94. The molecule has 146 valence electrons. The Kier molecular flexibility index (Phi) is 4.59. The molecular weight excluding hydrogens is 368 g/mol. The molecule has 0 radical (unpaired) electrons. The van der Waals surface area contributed by atoms with E-state index in [4.69, 9.17) is 16.9 Å². The van der Waals surface area contributed by atoms with Crippen LogP contribution in [-0.4, -0.2) is 32.7 Å². The maximum Gasteiger partial charge on any atom is 0.252 e. The summed E-state index contributed by atoms with van der Waals surface area (Å²) >= 11 is 0. The van der Waals surface area contributed by atoms with Crippen LogP contribution >= 0.6 is 0 Å². The molecule has 1 aromatic heterocycles. The average Bonchev–Trinajstić information content (AvgIpc) is 3.09. The van der Waals surface area contributed by atoms with Crippen molar-refractivity contribution in [3.63, 3.8) is 0 Å². The minimum atomic E-state index is -0.744. The highest BCUT2D eigenvalue weighted by molar-refractivity contribution is 6.16. The van der Waals surface area contributed by atoms with Crippen LogP contribution in [0, 0.1) is 5.41 Å². The Labute approximate surface area is 167 Å². The zero-order valence-corrected chi connectivity index (χ0v) is 15.5. The lowest BCUT2D eigenvalue weighted by atomic mass is 10.0. The van der Waals surface area contributed by atoms with Crippen LogP contribution in [0.3, 0.4) is 0 Å². The fraction of sp³-hybridized carbons (Fsp3) is 0.143. The molecule has 0 saturated heterocycles. The van der Waals surface area contributed by atoms with E-state index in [2.05, 4.69) is 27.4 Å². The standard InChI is InChI=1S/C21H20N6O2/c22-18(13-5-6-15(20(24)29)16(28)9-13)17-19(23)25-10-26-21(17)27-14-7-11-3-1-2-4-12(11)8-14/h1-6,9-10,14,22,28H,7-8H2,(H2,24,29)(H3,23,25,26,27). The molecule has 0 bridgehead atoms. The third-order valence-electron chi connectivity index (χ3n) is 5.07. The summed E-state index contributed by atoms with van der Waals surface area (Å²) in [4.78, 5) is 19.6. The first-order valence-electron chi connectivity index (χ1n) is 9.10. The lowest BCUT2D eigenvalue weighted by Gasteiger charge is -2.17. The lowest BCUT2D eigenvalue weighted by molar-refractivity contribution is 0.0998. The number of fused-ring (bicyclic) bond motifs is 1. The summed E-state index contributed by atoms with van der Waals surface area (Å²) in [5.41, 5.74) is 14.6. The number of nitrogens with two attached hydrogens (primary N) is 2. The van der Waals surface area contributed by atoms with Gasteiger partial charge in [0.25, 0.3) is 5.91 Å². The highest BCUT2D eigenvalue weighted by Gasteiger charge is 2.24. The highest BCUT2D eigenvalue weighted by Crippen LogP contribution is 2.28. The van der Waals surface area contributed by atoms with Crippen LogP contribution in [0.2, 0.25) is 0 Å². The van der Waals surface area contributed by atoms with Gasteiger partial charge in [-0.3, -0.25) is 10.2 Å². The number of amides is 1. The molecule has 0 atom stereocenters. The van der Waals surface area contributed by atoms with Crippen LogP contribution in [0.4, 0.5) is 11.6 Å². The van der Waals surface area contributed by atoms with E-state index in [-0.39, 0.29) is 28.9 Å². The van der Waals surface area contributed by atoms with E-state index in [9.17, 15) is 9.90 Å². The normalized spacial score (nSPS) is 13.1. The van der Waals surface area contributed by atoms with Gasteiger partial charge in [-0.15, -0.1) is 0 Å². The average molecular weight is 388 g/mol. The van der Waals surface area contributed by atoms with E-state index < -0.39 is 5.91 Å².